The van der Waals surface area contributed by atoms with Crippen molar-refractivity contribution in [3.8, 4) is 11.5 Å². The van der Waals surface area contributed by atoms with Gasteiger partial charge in [0.25, 0.3) is 6.47 Å². The second-order valence-corrected chi connectivity index (χ2v) is 12.0. The van der Waals surface area contributed by atoms with Gasteiger partial charge in [0.1, 0.15) is 11.4 Å². The molecule has 41 heavy (non-hydrogen) atoms. The molecule has 2 aliphatic heterocycles. The molecule has 0 aromatic heterocycles. The van der Waals surface area contributed by atoms with E-state index >= 15 is 0 Å². The lowest BCUT2D eigenvalue weighted by molar-refractivity contribution is -0.178. The molecular formula is C29H35NO11. The summed E-state index contributed by atoms with van der Waals surface area (Å²) in [6.07, 6.45) is -1.49. The van der Waals surface area contributed by atoms with E-state index in [1.807, 2.05) is 13.1 Å². The second-order valence-electron chi connectivity index (χ2n) is 12.0. The zero-order chi connectivity index (χ0) is 29.9. The van der Waals surface area contributed by atoms with Crippen molar-refractivity contribution in [2.45, 2.75) is 94.9 Å². The van der Waals surface area contributed by atoms with E-state index in [0.717, 1.165) is 11.1 Å². The maximum absolute atomic E-state index is 13.0. The van der Waals surface area contributed by atoms with Crippen LogP contribution in [0.15, 0.2) is 24.0 Å². The molecule has 0 saturated carbocycles. The predicted octanol–water partition coefficient (Wildman–Crippen LogP) is 2.31. The molecule has 1 saturated heterocycles. The number of likely N-dealkylation sites (tertiary alicyclic amines) is 1. The van der Waals surface area contributed by atoms with Gasteiger partial charge in [0, 0.05) is 18.0 Å². The number of carbonyl (C=O) groups is 4. The predicted molar refractivity (Wildman–Crippen MR) is 140 cm³/mol. The Morgan fingerprint density at radius 2 is 1.88 bits per heavy atom. The van der Waals surface area contributed by atoms with Crippen LogP contribution >= 0.6 is 0 Å². The van der Waals surface area contributed by atoms with Crippen LogP contribution < -0.4 is 9.47 Å². The third kappa shape index (κ3) is 4.62. The Bertz CT molecular complexity index is 1320. The highest BCUT2D eigenvalue weighted by molar-refractivity contribution is 5.82. The Labute approximate surface area is 237 Å². The van der Waals surface area contributed by atoms with Gasteiger partial charge in [0.2, 0.25) is 0 Å². The Morgan fingerprint density at radius 3 is 2.56 bits per heavy atom. The van der Waals surface area contributed by atoms with Crippen molar-refractivity contribution < 1.29 is 52.7 Å². The van der Waals surface area contributed by atoms with Gasteiger partial charge in [-0.1, -0.05) is 6.07 Å². The Hall–Kier alpha value is -3.64. The Balaban J connectivity index is 1.48. The molecule has 2 bridgehead atoms. The third-order valence-corrected chi connectivity index (χ3v) is 8.36. The number of aliphatic hydroxyl groups is 1. The third-order valence-electron chi connectivity index (χ3n) is 8.36. The number of esters is 2. The van der Waals surface area contributed by atoms with E-state index in [9.17, 15) is 24.3 Å². The summed E-state index contributed by atoms with van der Waals surface area (Å²) in [6.45, 7) is 8.59. The first-order valence-electron chi connectivity index (χ1n) is 13.6. The van der Waals surface area contributed by atoms with E-state index in [1.165, 1.54) is 13.8 Å². The summed E-state index contributed by atoms with van der Waals surface area (Å²) in [5.41, 5.74) is -1.35. The zero-order valence-electron chi connectivity index (χ0n) is 23.9. The molecule has 0 amide bonds. The molecule has 2 aliphatic carbocycles. The molecule has 1 aromatic carbocycles. The summed E-state index contributed by atoms with van der Waals surface area (Å²) < 4.78 is 32.8. The summed E-state index contributed by atoms with van der Waals surface area (Å²) >= 11 is 0. The molecule has 1 N–H and O–H groups in total. The zero-order valence-corrected chi connectivity index (χ0v) is 23.9. The summed E-state index contributed by atoms with van der Waals surface area (Å²) in [7, 11) is 1.97. The maximum Gasteiger partial charge on any atom is 0.514 e. The molecule has 6 atom stereocenters. The smallest absolute Gasteiger partial charge is 0.477 e. The van der Waals surface area contributed by atoms with Crippen LogP contribution in [-0.2, 0) is 45.2 Å². The molecule has 4 aliphatic rings. The van der Waals surface area contributed by atoms with E-state index < -0.39 is 53.0 Å². The van der Waals surface area contributed by atoms with Gasteiger partial charge >= 0.3 is 18.1 Å². The average Bonchev–Trinajstić information content (AvgIpc) is 3.24. The van der Waals surface area contributed by atoms with E-state index in [-0.39, 0.29) is 30.4 Å². The normalized spacial score (nSPS) is 29.1. The molecule has 5 rings (SSSR count). The first kappa shape index (κ1) is 28.9. The maximum atomic E-state index is 13.0. The highest BCUT2D eigenvalue weighted by Crippen LogP contribution is 2.65. The minimum Gasteiger partial charge on any atom is -0.477 e. The second kappa shape index (κ2) is 10.0. The molecule has 0 radical (unpaired) electrons. The minimum absolute atomic E-state index is 0.116. The SMILES string of the molecule is C[C@H](OC=O)C(=O)O[C@@H](C)C(=O)OC1=CC[C@@]2(O)[C@H]3Cc4ccc(OC(=O)OC(C)(C)C)c5c4[C@@]2(CCN3C)[C@H]1O5. The van der Waals surface area contributed by atoms with Crippen LogP contribution in [0.5, 0.6) is 11.5 Å². The average molecular weight is 574 g/mol. The Kier molecular flexibility index (Phi) is 7.06. The Morgan fingerprint density at radius 1 is 1.15 bits per heavy atom. The van der Waals surface area contributed by atoms with Crippen molar-refractivity contribution in [1.29, 1.82) is 0 Å². The van der Waals surface area contributed by atoms with Crippen molar-refractivity contribution in [2.75, 3.05) is 13.6 Å². The van der Waals surface area contributed by atoms with Crippen LogP contribution in [0.2, 0.25) is 0 Å². The fourth-order valence-corrected chi connectivity index (χ4v) is 6.52. The molecule has 222 valence electrons. The van der Waals surface area contributed by atoms with E-state index in [4.69, 9.17) is 23.7 Å². The minimum atomic E-state index is -1.32. The molecule has 1 spiro atoms. The quantitative estimate of drug-likeness (QED) is 0.221. The summed E-state index contributed by atoms with van der Waals surface area (Å²) in [6, 6.07) is 3.28. The molecule has 2 heterocycles. The molecule has 0 unspecified atom stereocenters. The summed E-state index contributed by atoms with van der Waals surface area (Å²) in [5, 5.41) is 12.3. The number of benzene rings is 1. The molecule has 1 aromatic rings. The number of hydrogen-bond donors (Lipinski definition) is 1. The fraction of sp³-hybridized carbons (Fsp3) is 0.586. The number of likely N-dealkylation sites (N-methyl/N-ethyl adjacent to an activating group) is 1. The van der Waals surface area contributed by atoms with E-state index in [2.05, 4.69) is 9.64 Å². The molecule has 12 heteroatoms. The van der Waals surface area contributed by atoms with Gasteiger partial charge in [0.15, 0.2) is 29.8 Å². The number of piperidine rings is 1. The largest absolute Gasteiger partial charge is 0.514 e. The lowest BCUT2D eigenvalue weighted by Gasteiger charge is -2.61. The van der Waals surface area contributed by atoms with E-state index in [1.54, 1.807) is 32.9 Å². The van der Waals surface area contributed by atoms with Crippen LogP contribution in [0.3, 0.4) is 0 Å². The number of carbonyl (C=O) groups excluding carboxylic acids is 4. The van der Waals surface area contributed by atoms with Gasteiger partial charge in [-0.05, 0) is 78.8 Å². The molecule has 1 fully saturated rings. The molecular weight excluding hydrogens is 538 g/mol. The van der Waals surface area contributed by atoms with Crippen LogP contribution in [0.25, 0.3) is 0 Å². The van der Waals surface area contributed by atoms with Crippen molar-refractivity contribution in [3.05, 3.63) is 35.1 Å². The highest BCUT2D eigenvalue weighted by Gasteiger charge is 2.72. The topological polar surface area (TPSA) is 147 Å². The van der Waals surface area contributed by atoms with Gasteiger partial charge in [-0.15, -0.1) is 0 Å². The van der Waals surface area contributed by atoms with Crippen molar-refractivity contribution >= 4 is 24.6 Å². The van der Waals surface area contributed by atoms with Crippen molar-refractivity contribution in [3.63, 3.8) is 0 Å². The van der Waals surface area contributed by atoms with E-state index in [0.29, 0.717) is 25.1 Å². The van der Waals surface area contributed by atoms with Gasteiger partial charge in [-0.25, -0.2) is 14.4 Å². The highest BCUT2D eigenvalue weighted by atomic mass is 16.7. The van der Waals surface area contributed by atoms with Gasteiger partial charge in [-0.3, -0.25) is 4.79 Å². The lowest BCUT2D eigenvalue weighted by Crippen LogP contribution is -2.74. The number of rotatable bonds is 7. The molecule has 12 nitrogen and oxygen atoms in total. The van der Waals surface area contributed by atoms with Crippen LogP contribution in [-0.4, -0.2) is 83.7 Å². The first-order valence-corrected chi connectivity index (χ1v) is 13.6. The van der Waals surface area contributed by atoms with Crippen molar-refractivity contribution in [1.82, 2.24) is 4.90 Å². The van der Waals surface area contributed by atoms with Crippen LogP contribution in [0.4, 0.5) is 4.79 Å². The number of ether oxygens (including phenoxy) is 6. The summed E-state index contributed by atoms with van der Waals surface area (Å²) in [4.78, 5) is 50.4. The fourth-order valence-electron chi connectivity index (χ4n) is 6.52. The van der Waals surface area contributed by atoms with Gasteiger partial charge in [-0.2, -0.15) is 0 Å². The standard InChI is InChI=1S/C29H35NO11/c1-15(36-14-31)24(32)37-16(2)25(33)38-19-9-10-29(35)20-13-17-7-8-18(39-26(34)41-27(3,4)5)22-21(17)28(29,23(19)40-22)11-12-30(20)6/h7-9,14-16,20,23,35H,10-13H2,1-6H3/t15-,16-,20+,23-,28-,29+/m0/s1. The number of nitrogens with zero attached hydrogens (tertiary/aromatic N) is 1. The van der Waals surface area contributed by atoms with Crippen LogP contribution in [0.1, 0.15) is 58.6 Å². The lowest BCUT2D eigenvalue weighted by atomic mass is 9.50. The van der Waals surface area contributed by atoms with Crippen molar-refractivity contribution in [2.24, 2.45) is 0 Å². The number of hydrogen-bond acceptors (Lipinski definition) is 12. The van der Waals surface area contributed by atoms with Gasteiger partial charge < -0.3 is 38.4 Å². The monoisotopic (exact) mass is 573 g/mol. The van der Waals surface area contributed by atoms with Gasteiger partial charge in [0.05, 0.1) is 11.0 Å². The summed E-state index contributed by atoms with van der Waals surface area (Å²) in [5.74, 6) is -1.18. The first-order chi connectivity index (χ1) is 19.2. The van der Waals surface area contributed by atoms with Crippen LogP contribution in [0, 0.1) is 0 Å².